The minimum absolute atomic E-state index is 0.507. The lowest BCUT2D eigenvalue weighted by Gasteiger charge is -2.13. The largest absolute Gasteiger partial charge is 0.480 e. The molecule has 1 unspecified atom stereocenters. The van der Waals surface area contributed by atoms with E-state index in [1.165, 1.54) is 0 Å². The van der Waals surface area contributed by atoms with E-state index in [0.717, 1.165) is 0 Å². The number of amides is 2. The average Bonchev–Trinajstić information content (AvgIpc) is 2.28. The van der Waals surface area contributed by atoms with E-state index in [4.69, 9.17) is 10.2 Å². The zero-order chi connectivity index (χ0) is 12.8. The third kappa shape index (κ3) is 4.04. The first-order valence-electron chi connectivity index (χ1n) is 4.70. The summed E-state index contributed by atoms with van der Waals surface area (Å²) in [6.07, 6.45) is 0. The van der Waals surface area contributed by atoms with Crippen LogP contribution in [0.15, 0.2) is 28.7 Å². The van der Waals surface area contributed by atoms with Gasteiger partial charge in [0.1, 0.15) is 0 Å². The number of aliphatic hydroxyl groups is 1. The van der Waals surface area contributed by atoms with Gasteiger partial charge in [0.15, 0.2) is 6.04 Å². The highest BCUT2D eigenvalue weighted by atomic mass is 79.9. The number of carboxylic acids is 1. The van der Waals surface area contributed by atoms with Crippen molar-refractivity contribution >= 4 is 33.6 Å². The van der Waals surface area contributed by atoms with Crippen molar-refractivity contribution in [2.24, 2.45) is 0 Å². The summed E-state index contributed by atoms with van der Waals surface area (Å²) >= 11 is 3.23. The van der Waals surface area contributed by atoms with Crippen LogP contribution in [0.3, 0.4) is 0 Å². The number of halogens is 1. The summed E-state index contributed by atoms with van der Waals surface area (Å²) in [6.45, 7) is -0.668. The van der Waals surface area contributed by atoms with E-state index in [0.29, 0.717) is 10.2 Å². The Morgan fingerprint density at radius 2 is 2.00 bits per heavy atom. The molecule has 0 aliphatic carbocycles. The molecule has 0 aromatic heterocycles. The van der Waals surface area contributed by atoms with Gasteiger partial charge in [0, 0.05) is 4.47 Å². The third-order valence-corrected chi connectivity index (χ3v) is 2.60. The van der Waals surface area contributed by atoms with Gasteiger partial charge in [-0.1, -0.05) is 12.1 Å². The molecule has 4 N–H and O–H groups in total. The molecule has 7 heteroatoms. The first kappa shape index (κ1) is 13.5. The minimum atomic E-state index is -1.32. The van der Waals surface area contributed by atoms with Crippen LogP contribution in [0.1, 0.15) is 0 Å². The smallest absolute Gasteiger partial charge is 0.328 e. The number of aliphatic hydroxyl groups excluding tert-OH is 1. The number of hydrogen-bond donors (Lipinski definition) is 4. The fourth-order valence-electron chi connectivity index (χ4n) is 1.06. The van der Waals surface area contributed by atoms with Crippen molar-refractivity contribution in [3.8, 4) is 0 Å². The summed E-state index contributed by atoms with van der Waals surface area (Å²) in [7, 11) is 0. The van der Waals surface area contributed by atoms with Gasteiger partial charge in [-0.25, -0.2) is 9.59 Å². The van der Waals surface area contributed by atoms with Crippen LogP contribution in [0.2, 0.25) is 0 Å². The fraction of sp³-hybridized carbons (Fsp3) is 0.200. The number of nitrogens with one attached hydrogen (secondary N) is 2. The lowest BCUT2D eigenvalue weighted by atomic mass is 10.3. The second-order valence-corrected chi connectivity index (χ2v) is 4.01. The minimum Gasteiger partial charge on any atom is -0.480 e. The number of carbonyl (C=O) groups excluding carboxylic acids is 1. The molecular formula is C10H11BrN2O4. The van der Waals surface area contributed by atoms with Gasteiger partial charge in [-0.05, 0) is 28.1 Å². The highest BCUT2D eigenvalue weighted by Gasteiger charge is 2.18. The van der Waals surface area contributed by atoms with E-state index in [2.05, 4.69) is 26.6 Å². The van der Waals surface area contributed by atoms with E-state index in [1.807, 2.05) is 0 Å². The molecule has 0 radical (unpaired) electrons. The fourth-order valence-corrected chi connectivity index (χ4v) is 1.45. The molecule has 6 nitrogen and oxygen atoms in total. The molecule has 1 aromatic carbocycles. The SMILES string of the molecule is O=C(Nc1ccccc1Br)NC(CO)C(=O)O. The molecule has 0 spiro atoms. The molecule has 1 atom stereocenters. The Balaban J connectivity index is 2.61. The Kier molecular flexibility index (Phi) is 4.92. The molecule has 1 aromatic rings. The monoisotopic (exact) mass is 302 g/mol. The van der Waals surface area contributed by atoms with Crippen LogP contribution in [0, 0.1) is 0 Å². The number of para-hydroxylation sites is 1. The van der Waals surface area contributed by atoms with Gasteiger partial charge in [0.2, 0.25) is 0 Å². The number of hydrogen-bond acceptors (Lipinski definition) is 3. The van der Waals surface area contributed by atoms with Crippen molar-refractivity contribution in [2.45, 2.75) is 6.04 Å². The van der Waals surface area contributed by atoms with Crippen molar-refractivity contribution < 1.29 is 19.8 Å². The Morgan fingerprint density at radius 1 is 1.35 bits per heavy atom. The van der Waals surface area contributed by atoms with E-state index in [9.17, 15) is 9.59 Å². The molecule has 0 heterocycles. The predicted octanol–water partition coefficient (Wildman–Crippen LogP) is 1.02. The normalized spacial score (nSPS) is 11.6. The molecule has 0 bridgehead atoms. The van der Waals surface area contributed by atoms with Crippen molar-refractivity contribution in [2.75, 3.05) is 11.9 Å². The Bertz CT molecular complexity index is 425. The molecule has 17 heavy (non-hydrogen) atoms. The van der Waals surface area contributed by atoms with Crippen LogP contribution in [0.4, 0.5) is 10.5 Å². The topological polar surface area (TPSA) is 98.7 Å². The maximum absolute atomic E-state index is 11.4. The van der Waals surface area contributed by atoms with Crippen LogP contribution in [-0.2, 0) is 4.79 Å². The summed E-state index contributed by atoms with van der Waals surface area (Å²) in [5, 5.41) is 21.9. The summed E-state index contributed by atoms with van der Waals surface area (Å²) in [5.74, 6) is -1.30. The van der Waals surface area contributed by atoms with Crippen molar-refractivity contribution in [3.63, 3.8) is 0 Å². The third-order valence-electron chi connectivity index (χ3n) is 1.91. The maximum atomic E-state index is 11.4. The van der Waals surface area contributed by atoms with Gasteiger partial charge < -0.3 is 20.8 Å². The van der Waals surface area contributed by atoms with Gasteiger partial charge in [0.05, 0.1) is 12.3 Å². The molecular weight excluding hydrogens is 292 g/mol. The maximum Gasteiger partial charge on any atom is 0.328 e. The molecule has 0 aliphatic heterocycles. The Morgan fingerprint density at radius 3 is 2.53 bits per heavy atom. The van der Waals surface area contributed by atoms with Crippen LogP contribution in [0.25, 0.3) is 0 Å². The van der Waals surface area contributed by atoms with Gasteiger partial charge in [-0.2, -0.15) is 0 Å². The van der Waals surface area contributed by atoms with Crippen LogP contribution >= 0.6 is 15.9 Å². The molecule has 2 amide bonds. The molecule has 0 fully saturated rings. The van der Waals surface area contributed by atoms with Gasteiger partial charge in [0.25, 0.3) is 0 Å². The molecule has 0 saturated heterocycles. The number of benzene rings is 1. The van der Waals surface area contributed by atoms with Crippen LogP contribution in [0.5, 0.6) is 0 Å². The zero-order valence-electron chi connectivity index (χ0n) is 8.68. The molecule has 92 valence electrons. The first-order chi connectivity index (χ1) is 8.04. The predicted molar refractivity (Wildman–Crippen MR) is 64.8 cm³/mol. The zero-order valence-corrected chi connectivity index (χ0v) is 10.3. The van der Waals surface area contributed by atoms with Crippen molar-refractivity contribution in [1.82, 2.24) is 5.32 Å². The number of rotatable bonds is 4. The van der Waals surface area contributed by atoms with Gasteiger partial charge in [-0.15, -0.1) is 0 Å². The van der Waals surface area contributed by atoms with Gasteiger partial charge in [-0.3, -0.25) is 0 Å². The standard InChI is InChI=1S/C10H11BrN2O4/c11-6-3-1-2-4-7(6)12-10(17)13-8(5-14)9(15)16/h1-4,8,14H,5H2,(H,15,16)(H2,12,13,17). The number of carboxylic acid groups (broad SMARTS) is 1. The van der Waals surface area contributed by atoms with E-state index < -0.39 is 24.6 Å². The summed E-state index contributed by atoms with van der Waals surface area (Å²) < 4.78 is 0.672. The lowest BCUT2D eigenvalue weighted by molar-refractivity contribution is -0.140. The number of anilines is 1. The van der Waals surface area contributed by atoms with E-state index >= 15 is 0 Å². The van der Waals surface area contributed by atoms with Crippen molar-refractivity contribution in [3.05, 3.63) is 28.7 Å². The lowest BCUT2D eigenvalue weighted by Crippen LogP contribution is -2.45. The Labute approximate surface area is 106 Å². The molecule has 1 rings (SSSR count). The molecule has 0 saturated carbocycles. The summed E-state index contributed by atoms with van der Waals surface area (Å²) in [5.41, 5.74) is 0.507. The summed E-state index contributed by atoms with van der Waals surface area (Å²) in [6, 6.07) is 4.87. The van der Waals surface area contributed by atoms with Crippen LogP contribution in [-0.4, -0.2) is 34.9 Å². The van der Waals surface area contributed by atoms with Crippen molar-refractivity contribution in [1.29, 1.82) is 0 Å². The number of aliphatic carboxylic acids is 1. The average molecular weight is 303 g/mol. The van der Waals surface area contributed by atoms with E-state index in [1.54, 1.807) is 24.3 Å². The molecule has 0 aliphatic rings. The highest BCUT2D eigenvalue weighted by Crippen LogP contribution is 2.20. The second-order valence-electron chi connectivity index (χ2n) is 3.15. The number of carbonyl (C=O) groups is 2. The summed E-state index contributed by atoms with van der Waals surface area (Å²) in [4.78, 5) is 22.0. The number of urea groups is 1. The van der Waals surface area contributed by atoms with Gasteiger partial charge >= 0.3 is 12.0 Å². The second kappa shape index (κ2) is 6.21. The van der Waals surface area contributed by atoms with E-state index in [-0.39, 0.29) is 0 Å². The first-order valence-corrected chi connectivity index (χ1v) is 5.49. The Hall–Kier alpha value is -1.60. The van der Waals surface area contributed by atoms with Crippen LogP contribution < -0.4 is 10.6 Å². The quantitative estimate of drug-likeness (QED) is 0.667. The highest BCUT2D eigenvalue weighted by molar-refractivity contribution is 9.10.